The summed E-state index contributed by atoms with van der Waals surface area (Å²) < 4.78 is 88.6. The number of para-hydroxylation sites is 1. The molecule has 0 spiro atoms. The lowest BCUT2D eigenvalue weighted by atomic mass is 10.2. The van der Waals surface area contributed by atoms with Crippen LogP contribution in [0.15, 0.2) is 54.6 Å². The Bertz CT molecular complexity index is 902. The molecule has 1 atom stereocenters. The average molecular weight is 436 g/mol. The highest BCUT2D eigenvalue weighted by Gasteiger charge is 2.66. The molecule has 0 heterocycles. The van der Waals surface area contributed by atoms with E-state index in [1.807, 2.05) is 5.32 Å². The highest BCUT2D eigenvalue weighted by molar-refractivity contribution is 5.94. The Kier molecular flexibility index (Phi) is 6.48. The number of halogens is 6. The van der Waals surface area contributed by atoms with Gasteiger partial charge in [-0.1, -0.05) is 24.3 Å². The Morgan fingerprint density at radius 2 is 1.53 bits per heavy atom. The van der Waals surface area contributed by atoms with Crippen LogP contribution in [-0.4, -0.2) is 31.0 Å². The van der Waals surface area contributed by atoms with Crippen molar-refractivity contribution in [2.75, 3.05) is 12.4 Å². The van der Waals surface area contributed by atoms with Crippen molar-refractivity contribution in [1.82, 2.24) is 5.32 Å². The van der Waals surface area contributed by atoms with Crippen LogP contribution in [0.3, 0.4) is 0 Å². The van der Waals surface area contributed by atoms with E-state index in [0.29, 0.717) is 19.2 Å². The summed E-state index contributed by atoms with van der Waals surface area (Å²) >= 11 is 0. The van der Waals surface area contributed by atoms with Crippen molar-refractivity contribution >= 4 is 17.7 Å². The first-order valence-corrected chi connectivity index (χ1v) is 8.04. The summed E-state index contributed by atoms with van der Waals surface area (Å²) in [5.41, 5.74) is -5.58. The number of methoxy groups -OCH3 is 1. The minimum atomic E-state index is -5.50. The number of anilines is 1. The first-order valence-electron chi connectivity index (χ1n) is 8.04. The van der Waals surface area contributed by atoms with Crippen LogP contribution >= 0.6 is 0 Å². The lowest BCUT2D eigenvalue weighted by molar-refractivity contribution is -0.258. The lowest BCUT2D eigenvalue weighted by Crippen LogP contribution is -2.68. The van der Waals surface area contributed by atoms with Gasteiger partial charge in [0.15, 0.2) is 0 Å². The van der Waals surface area contributed by atoms with Crippen LogP contribution in [0.1, 0.15) is 5.56 Å². The SMILES string of the molecule is COC(=O)[C@@](NC(=O)Nc1cccc(C(F)(F)F)c1)(Oc1ccccc1)C(F)(F)F. The summed E-state index contributed by atoms with van der Waals surface area (Å²) in [7, 11) is 0.642. The Morgan fingerprint density at radius 3 is 2.07 bits per heavy atom. The molecule has 0 aromatic heterocycles. The van der Waals surface area contributed by atoms with E-state index in [4.69, 9.17) is 4.74 Å². The third-order valence-electron chi connectivity index (χ3n) is 3.62. The van der Waals surface area contributed by atoms with Gasteiger partial charge in [0.2, 0.25) is 0 Å². The standard InChI is InChI=1S/C18H14F6N2O4/c1-29-14(27)16(18(22,23)24,30-13-8-3-2-4-9-13)26-15(28)25-12-7-5-6-11(10-12)17(19,20)21/h2-10H,1H3,(H2,25,26,28)/t16-/m1/s1. The first-order chi connectivity index (χ1) is 13.9. The van der Waals surface area contributed by atoms with Crippen LogP contribution in [-0.2, 0) is 15.7 Å². The number of alkyl halides is 6. The van der Waals surface area contributed by atoms with Crippen LogP contribution < -0.4 is 15.4 Å². The molecule has 0 saturated carbocycles. The fourth-order valence-electron chi connectivity index (χ4n) is 2.27. The molecule has 0 aliphatic carbocycles. The van der Waals surface area contributed by atoms with Crippen LogP contribution in [0.5, 0.6) is 5.75 Å². The van der Waals surface area contributed by atoms with Gasteiger partial charge in [-0.15, -0.1) is 0 Å². The summed E-state index contributed by atoms with van der Waals surface area (Å²) in [5.74, 6) is -2.43. The number of hydrogen-bond donors (Lipinski definition) is 2. The topological polar surface area (TPSA) is 76.7 Å². The molecule has 0 fully saturated rings. The second-order valence-electron chi connectivity index (χ2n) is 5.74. The average Bonchev–Trinajstić information content (AvgIpc) is 2.66. The van der Waals surface area contributed by atoms with Crippen molar-refractivity contribution in [3.8, 4) is 5.75 Å². The molecule has 2 N–H and O–H groups in total. The summed E-state index contributed by atoms with van der Waals surface area (Å²) in [6.07, 6.45) is -10.2. The van der Waals surface area contributed by atoms with Crippen molar-refractivity contribution in [3.05, 3.63) is 60.2 Å². The van der Waals surface area contributed by atoms with E-state index in [2.05, 4.69) is 4.74 Å². The Balaban J connectivity index is 2.36. The first kappa shape index (κ1) is 22.8. The number of benzene rings is 2. The highest BCUT2D eigenvalue weighted by Crippen LogP contribution is 2.35. The largest absolute Gasteiger partial charge is 0.464 e. The van der Waals surface area contributed by atoms with E-state index in [1.54, 1.807) is 0 Å². The van der Waals surface area contributed by atoms with E-state index in [1.165, 1.54) is 23.5 Å². The zero-order chi connectivity index (χ0) is 22.6. The van der Waals surface area contributed by atoms with Gasteiger partial charge >= 0.3 is 30.1 Å². The molecule has 6 nitrogen and oxygen atoms in total. The van der Waals surface area contributed by atoms with Crippen LogP contribution in [0.4, 0.5) is 36.8 Å². The Hall–Kier alpha value is -3.44. The molecule has 162 valence electrons. The maximum atomic E-state index is 13.8. The van der Waals surface area contributed by atoms with Gasteiger partial charge in [0.1, 0.15) is 5.75 Å². The maximum absolute atomic E-state index is 13.8. The number of hydrogen-bond acceptors (Lipinski definition) is 4. The quantitative estimate of drug-likeness (QED) is 0.416. The number of nitrogens with one attached hydrogen (secondary N) is 2. The summed E-state index contributed by atoms with van der Waals surface area (Å²) in [6.45, 7) is 0. The fraction of sp³-hybridized carbons (Fsp3) is 0.222. The third kappa shape index (κ3) is 5.13. The smallest absolute Gasteiger partial charge is 0.460 e. The van der Waals surface area contributed by atoms with Gasteiger partial charge in [-0.2, -0.15) is 26.3 Å². The van der Waals surface area contributed by atoms with Gasteiger partial charge in [-0.05, 0) is 30.3 Å². The summed E-state index contributed by atoms with van der Waals surface area (Å²) in [6, 6.07) is 7.79. The molecular formula is C18H14F6N2O4. The second-order valence-corrected chi connectivity index (χ2v) is 5.74. The highest BCUT2D eigenvalue weighted by atomic mass is 19.4. The van der Waals surface area contributed by atoms with Crippen LogP contribution in [0.2, 0.25) is 0 Å². The Labute approximate surface area is 165 Å². The number of carbonyl (C=O) groups is 2. The van der Waals surface area contributed by atoms with Crippen LogP contribution in [0, 0.1) is 0 Å². The van der Waals surface area contributed by atoms with E-state index >= 15 is 0 Å². The third-order valence-corrected chi connectivity index (χ3v) is 3.62. The van der Waals surface area contributed by atoms with Gasteiger partial charge in [-0.25, -0.2) is 9.59 Å². The zero-order valence-corrected chi connectivity index (χ0v) is 15.1. The monoisotopic (exact) mass is 436 g/mol. The number of rotatable bonds is 5. The molecule has 0 aliphatic heterocycles. The van der Waals surface area contributed by atoms with E-state index in [9.17, 15) is 35.9 Å². The van der Waals surface area contributed by atoms with Crippen LogP contribution in [0.25, 0.3) is 0 Å². The molecule has 0 unspecified atom stereocenters. The molecule has 2 aromatic rings. The Morgan fingerprint density at radius 1 is 0.900 bits per heavy atom. The minimum Gasteiger partial charge on any atom is -0.464 e. The predicted molar refractivity (Wildman–Crippen MR) is 91.5 cm³/mol. The second kappa shape index (κ2) is 8.51. The van der Waals surface area contributed by atoms with Gasteiger partial charge in [0, 0.05) is 5.69 Å². The number of carbonyl (C=O) groups excluding carboxylic acids is 2. The van der Waals surface area contributed by atoms with E-state index < -0.39 is 47.1 Å². The molecule has 0 aliphatic rings. The van der Waals surface area contributed by atoms with Crippen molar-refractivity contribution in [3.63, 3.8) is 0 Å². The molecule has 0 saturated heterocycles. The van der Waals surface area contributed by atoms with Crippen molar-refractivity contribution in [1.29, 1.82) is 0 Å². The van der Waals surface area contributed by atoms with Crippen molar-refractivity contribution < 1.29 is 45.4 Å². The van der Waals surface area contributed by atoms with Gasteiger partial charge < -0.3 is 14.8 Å². The maximum Gasteiger partial charge on any atom is 0.460 e. The van der Waals surface area contributed by atoms with Gasteiger partial charge in [-0.3, -0.25) is 5.32 Å². The molecule has 2 rings (SSSR count). The number of ether oxygens (including phenoxy) is 2. The van der Waals surface area contributed by atoms with E-state index in [0.717, 1.165) is 24.3 Å². The zero-order valence-electron chi connectivity index (χ0n) is 15.1. The molecule has 0 bridgehead atoms. The molecular weight excluding hydrogens is 422 g/mol. The molecule has 2 aromatic carbocycles. The van der Waals surface area contributed by atoms with Crippen molar-refractivity contribution in [2.24, 2.45) is 0 Å². The molecule has 30 heavy (non-hydrogen) atoms. The molecule has 2 amide bonds. The summed E-state index contributed by atoms with van der Waals surface area (Å²) in [5, 5.41) is 3.13. The number of urea groups is 1. The minimum absolute atomic E-state index is 0.431. The molecule has 12 heteroatoms. The number of esters is 1. The van der Waals surface area contributed by atoms with Gasteiger partial charge in [0.25, 0.3) is 0 Å². The molecule has 0 radical (unpaired) electrons. The fourth-order valence-corrected chi connectivity index (χ4v) is 2.27. The lowest BCUT2D eigenvalue weighted by Gasteiger charge is -2.33. The number of amides is 2. The van der Waals surface area contributed by atoms with E-state index in [-0.39, 0.29) is 0 Å². The van der Waals surface area contributed by atoms with Crippen molar-refractivity contribution in [2.45, 2.75) is 18.1 Å². The van der Waals surface area contributed by atoms with Gasteiger partial charge in [0.05, 0.1) is 12.7 Å². The normalized spacial score (nSPS) is 13.7. The summed E-state index contributed by atoms with van der Waals surface area (Å²) in [4.78, 5) is 24.2. The predicted octanol–water partition coefficient (Wildman–Crippen LogP) is 4.34.